The molecule has 0 fully saturated rings. The summed E-state index contributed by atoms with van der Waals surface area (Å²) in [5, 5.41) is 0. The molecule has 3 aliphatic rings. The average molecular weight is 481 g/mol. The lowest BCUT2D eigenvalue weighted by atomic mass is 9.98. The second kappa shape index (κ2) is 18.8. The van der Waals surface area contributed by atoms with Gasteiger partial charge in [0.25, 0.3) is 0 Å². The second-order valence-corrected chi connectivity index (χ2v) is 11.4. The third kappa shape index (κ3) is 13.5. The van der Waals surface area contributed by atoms with Gasteiger partial charge in [0.2, 0.25) is 0 Å². The fourth-order valence-electron chi connectivity index (χ4n) is 5.88. The molecule has 0 aromatic carbocycles. The van der Waals surface area contributed by atoms with Crippen molar-refractivity contribution < 1.29 is 9.48 Å². The van der Waals surface area contributed by atoms with Gasteiger partial charge < -0.3 is 15.6 Å². The zero-order valence-electron chi connectivity index (χ0n) is 23.0. The van der Waals surface area contributed by atoms with E-state index in [0.717, 1.165) is 0 Å². The Morgan fingerprint density at radius 2 is 1.29 bits per heavy atom. The van der Waals surface area contributed by atoms with Gasteiger partial charge >= 0.3 is 0 Å². The van der Waals surface area contributed by atoms with E-state index in [1.165, 1.54) is 160 Å². The normalized spacial score (nSPS) is 25.8. The maximum absolute atomic E-state index is 2.55. The Kier molecular flexibility index (Phi) is 15.1. The molecule has 4 bridgehead atoms. The summed E-state index contributed by atoms with van der Waals surface area (Å²) in [5.41, 5.74) is 1.59. The molecule has 0 aromatic rings. The number of quaternary nitrogens is 1. The summed E-state index contributed by atoms with van der Waals surface area (Å²) >= 11 is 0. The summed E-state index contributed by atoms with van der Waals surface area (Å²) in [5.74, 6) is 1.53. The Morgan fingerprint density at radius 3 is 2.00 bits per heavy atom. The quantitative estimate of drug-likeness (QED) is 0.266. The van der Waals surface area contributed by atoms with E-state index in [1.54, 1.807) is 10.5 Å². The van der Waals surface area contributed by atoms with Crippen LogP contribution in [0.5, 0.6) is 0 Å². The number of hydrogen-bond donors (Lipinski definition) is 1. The molecule has 0 saturated heterocycles. The van der Waals surface area contributed by atoms with Crippen molar-refractivity contribution >= 4 is 6.21 Å². The molecule has 198 valence electrons. The van der Waals surface area contributed by atoms with Crippen LogP contribution in [0, 0.1) is 12.5 Å². The summed E-state index contributed by atoms with van der Waals surface area (Å²) in [4.78, 5) is 1.69. The Morgan fingerprint density at radius 1 is 0.686 bits per heavy atom. The molecule has 0 radical (unpaired) electrons. The van der Waals surface area contributed by atoms with E-state index in [-0.39, 0.29) is 0 Å². The molecule has 2 nitrogen and oxygen atoms in total. The molecule has 0 spiro atoms. The molecule has 1 N–H and O–H groups in total. The van der Waals surface area contributed by atoms with Gasteiger partial charge in [-0.25, -0.2) is 5.92 Å². The van der Waals surface area contributed by atoms with E-state index in [4.69, 9.17) is 0 Å². The van der Waals surface area contributed by atoms with Gasteiger partial charge in [0.05, 0.1) is 12.7 Å². The standard InChI is InChI=1S/C33H55N2/c1-2-4-8-12-16-22-32-24-20-29-35(30-32)27-19-15-11-7-5-9-13-17-23-33-25-21-28-34(31-33)26-18-14-10-6-3-1/h20-21,24-25,29-31H,1-19,22-23,26-28H2/q-1/p+1. The molecule has 1 unspecified atom stereocenters. The van der Waals surface area contributed by atoms with Crippen molar-refractivity contribution in [1.82, 2.24) is 0 Å². The van der Waals surface area contributed by atoms with Gasteiger partial charge in [0.15, 0.2) is 0 Å². The van der Waals surface area contributed by atoms with E-state index in [2.05, 4.69) is 47.8 Å². The Bertz CT molecular complexity index is 656. The van der Waals surface area contributed by atoms with E-state index in [0.29, 0.717) is 0 Å². The van der Waals surface area contributed by atoms with Crippen molar-refractivity contribution in [2.24, 2.45) is 0 Å². The minimum absolute atomic E-state index is 1.19. The fraction of sp³-hybridized carbons (Fsp3) is 0.727. The lowest BCUT2D eigenvalue weighted by molar-refractivity contribution is -0.841. The van der Waals surface area contributed by atoms with Crippen LogP contribution >= 0.6 is 0 Å². The Hall–Kier alpha value is -1.41. The minimum atomic E-state index is 1.19. The smallest absolute Gasteiger partial charge is 0.123 e. The fourth-order valence-corrected chi connectivity index (χ4v) is 5.88. The number of allylic oxidation sites excluding steroid dienone is 3. The van der Waals surface area contributed by atoms with Crippen molar-refractivity contribution in [3.8, 4) is 0 Å². The van der Waals surface area contributed by atoms with Gasteiger partial charge in [-0.05, 0) is 50.9 Å². The highest BCUT2D eigenvalue weighted by Crippen LogP contribution is 2.18. The topological polar surface area (TPSA) is 7.45 Å². The summed E-state index contributed by atoms with van der Waals surface area (Å²) in [6.45, 7) is 5.99. The van der Waals surface area contributed by atoms with Crippen LogP contribution in [0.2, 0.25) is 0 Å². The van der Waals surface area contributed by atoms with Gasteiger partial charge in [0, 0.05) is 12.0 Å². The molecule has 3 aliphatic heterocycles. The summed E-state index contributed by atoms with van der Waals surface area (Å²) in [7, 11) is 0. The summed E-state index contributed by atoms with van der Waals surface area (Å²) in [6, 6.07) is 0. The predicted molar refractivity (Wildman–Crippen MR) is 153 cm³/mol. The number of nitrogens with zero attached hydrogens (tertiary/aromatic N) is 1. The first-order valence-electron chi connectivity index (χ1n) is 15.6. The first-order valence-corrected chi connectivity index (χ1v) is 15.6. The van der Waals surface area contributed by atoms with Crippen LogP contribution in [0.15, 0.2) is 36.1 Å². The van der Waals surface area contributed by atoms with Crippen molar-refractivity contribution in [2.75, 3.05) is 19.6 Å². The van der Waals surface area contributed by atoms with Gasteiger partial charge in [-0.15, -0.1) is 6.42 Å². The molecule has 0 amide bonds. The van der Waals surface area contributed by atoms with Crippen LogP contribution in [0.25, 0.3) is 0 Å². The monoisotopic (exact) mass is 480 g/mol. The van der Waals surface area contributed by atoms with Crippen LogP contribution in [0.4, 0.5) is 0 Å². The highest BCUT2D eigenvalue weighted by atomic mass is 15.1. The molecule has 0 aliphatic carbocycles. The lowest BCUT2D eigenvalue weighted by Crippen LogP contribution is -3.07. The van der Waals surface area contributed by atoms with Gasteiger partial charge in [0.1, 0.15) is 13.1 Å². The van der Waals surface area contributed by atoms with Gasteiger partial charge in [-0.3, -0.25) is 6.08 Å². The van der Waals surface area contributed by atoms with Crippen LogP contribution in [-0.4, -0.2) is 30.4 Å². The molecule has 35 heavy (non-hydrogen) atoms. The van der Waals surface area contributed by atoms with Crippen molar-refractivity contribution in [2.45, 2.75) is 135 Å². The SMILES string of the molecule is C1=C[C-]2C=[N+]([CH-]1)CCCCCCCCCCC1=C[NH+](CC=C1)CCCCCCCCCCCCC2. The number of rotatable bonds is 0. The van der Waals surface area contributed by atoms with E-state index < -0.39 is 0 Å². The third-order valence-corrected chi connectivity index (χ3v) is 8.12. The number of hydrogen-bond acceptors (Lipinski definition) is 0. The van der Waals surface area contributed by atoms with Crippen molar-refractivity contribution in [3.05, 3.63) is 48.5 Å². The molecule has 2 heteroatoms. The van der Waals surface area contributed by atoms with Crippen molar-refractivity contribution in [1.29, 1.82) is 0 Å². The Balaban J connectivity index is 1.35. The molecule has 0 aromatic heterocycles. The first-order chi connectivity index (χ1) is 17.4. The molecule has 3 rings (SSSR count). The minimum Gasteiger partial charge on any atom is -0.343 e. The largest absolute Gasteiger partial charge is 0.343 e. The molecular formula is C33H56N2. The van der Waals surface area contributed by atoms with E-state index in [1.807, 2.05) is 0 Å². The number of nitrogens with one attached hydrogen (secondary N) is 1. The molecular weight excluding hydrogens is 424 g/mol. The predicted octanol–water partition coefficient (Wildman–Crippen LogP) is 7.92. The summed E-state index contributed by atoms with van der Waals surface area (Å²) in [6.07, 6.45) is 43.8. The van der Waals surface area contributed by atoms with Crippen LogP contribution in [0.1, 0.15) is 135 Å². The maximum atomic E-state index is 2.55. The van der Waals surface area contributed by atoms with Crippen molar-refractivity contribution in [3.63, 3.8) is 0 Å². The first kappa shape index (κ1) is 28.2. The highest BCUT2D eigenvalue weighted by molar-refractivity contribution is 5.74. The molecule has 1 atom stereocenters. The Labute approximate surface area is 218 Å². The van der Waals surface area contributed by atoms with Gasteiger partial charge in [-0.2, -0.15) is 0 Å². The van der Waals surface area contributed by atoms with Crippen LogP contribution < -0.4 is 4.90 Å². The maximum Gasteiger partial charge on any atom is 0.123 e. The summed E-state index contributed by atoms with van der Waals surface area (Å²) < 4.78 is 2.43. The molecule has 3 heterocycles. The third-order valence-electron chi connectivity index (χ3n) is 8.12. The second-order valence-electron chi connectivity index (χ2n) is 11.4. The number of fused-ring (bicyclic) bond motifs is 2. The zero-order valence-corrected chi connectivity index (χ0v) is 23.0. The van der Waals surface area contributed by atoms with E-state index in [9.17, 15) is 0 Å². The average Bonchev–Trinajstić information content (AvgIpc) is 2.88. The lowest BCUT2D eigenvalue weighted by Gasteiger charge is -2.28. The van der Waals surface area contributed by atoms with Gasteiger partial charge in [-0.1, -0.05) is 96.0 Å². The highest BCUT2D eigenvalue weighted by Gasteiger charge is 2.10. The zero-order chi connectivity index (χ0) is 24.2. The van der Waals surface area contributed by atoms with Crippen LogP contribution in [0.3, 0.4) is 0 Å². The van der Waals surface area contributed by atoms with E-state index >= 15 is 0 Å². The van der Waals surface area contributed by atoms with Crippen LogP contribution in [-0.2, 0) is 0 Å². The molecule has 0 saturated carbocycles.